The number of aromatic nitrogens is 1. The Morgan fingerprint density at radius 1 is 1.65 bits per heavy atom. The third-order valence-corrected chi connectivity index (χ3v) is 3.26. The summed E-state index contributed by atoms with van der Waals surface area (Å²) in [5.41, 5.74) is 0.755. The first-order chi connectivity index (χ1) is 8.09. The summed E-state index contributed by atoms with van der Waals surface area (Å²) in [5, 5.41) is 12.7. The van der Waals surface area contributed by atoms with Crippen molar-refractivity contribution in [2.45, 2.75) is 19.9 Å². The first-order valence-electron chi connectivity index (χ1n) is 5.09. The molecule has 90 valence electrons. The SMILES string of the molecule is Cc1nsc(NC(C)c2ccco2)c1C(=O)O. The predicted molar refractivity (Wildman–Crippen MR) is 64.6 cm³/mol. The molecule has 0 radical (unpaired) electrons. The van der Waals surface area contributed by atoms with Crippen molar-refractivity contribution in [2.24, 2.45) is 0 Å². The Kier molecular flexibility index (Phi) is 3.14. The Morgan fingerprint density at radius 3 is 3.00 bits per heavy atom. The summed E-state index contributed by atoms with van der Waals surface area (Å²) in [4.78, 5) is 11.1. The number of hydrogen-bond donors (Lipinski definition) is 2. The zero-order valence-corrected chi connectivity index (χ0v) is 10.2. The van der Waals surface area contributed by atoms with Crippen LogP contribution in [0.1, 0.15) is 34.8 Å². The fourth-order valence-corrected chi connectivity index (χ4v) is 2.40. The van der Waals surface area contributed by atoms with E-state index in [0.717, 1.165) is 17.3 Å². The third kappa shape index (κ3) is 2.31. The highest BCUT2D eigenvalue weighted by atomic mass is 32.1. The summed E-state index contributed by atoms with van der Waals surface area (Å²) in [6, 6.07) is 3.54. The molecule has 2 N–H and O–H groups in total. The molecule has 1 atom stereocenters. The molecule has 0 saturated carbocycles. The van der Waals surface area contributed by atoms with Crippen molar-refractivity contribution >= 4 is 22.5 Å². The summed E-state index contributed by atoms with van der Waals surface area (Å²) in [5.74, 6) is -0.210. The Bertz CT molecular complexity index is 519. The minimum atomic E-state index is -0.967. The average Bonchev–Trinajstić information content (AvgIpc) is 2.87. The van der Waals surface area contributed by atoms with E-state index in [4.69, 9.17) is 9.52 Å². The van der Waals surface area contributed by atoms with Crippen LogP contribution in [0.15, 0.2) is 22.8 Å². The zero-order valence-electron chi connectivity index (χ0n) is 9.43. The molecule has 0 amide bonds. The van der Waals surface area contributed by atoms with Gasteiger partial charge in [-0.25, -0.2) is 4.79 Å². The van der Waals surface area contributed by atoms with E-state index in [1.54, 1.807) is 19.3 Å². The van der Waals surface area contributed by atoms with Crippen LogP contribution in [0.3, 0.4) is 0 Å². The summed E-state index contributed by atoms with van der Waals surface area (Å²) < 4.78 is 9.29. The minimum Gasteiger partial charge on any atom is -0.478 e. The topological polar surface area (TPSA) is 75.4 Å². The van der Waals surface area contributed by atoms with Crippen molar-refractivity contribution < 1.29 is 14.3 Å². The van der Waals surface area contributed by atoms with Gasteiger partial charge in [-0.2, -0.15) is 4.37 Å². The molecule has 6 heteroatoms. The first-order valence-corrected chi connectivity index (χ1v) is 5.86. The molecule has 0 aliphatic rings. The fourth-order valence-electron chi connectivity index (χ4n) is 1.53. The molecule has 0 bridgehead atoms. The zero-order chi connectivity index (χ0) is 12.4. The van der Waals surface area contributed by atoms with E-state index in [0.29, 0.717) is 10.7 Å². The van der Waals surface area contributed by atoms with Gasteiger partial charge in [0.15, 0.2) is 0 Å². The lowest BCUT2D eigenvalue weighted by Gasteiger charge is -2.11. The highest BCUT2D eigenvalue weighted by molar-refractivity contribution is 7.10. The molecule has 2 aromatic rings. The molecule has 2 aromatic heterocycles. The molecule has 2 rings (SSSR count). The van der Waals surface area contributed by atoms with Gasteiger partial charge in [0.1, 0.15) is 16.3 Å². The quantitative estimate of drug-likeness (QED) is 0.875. The normalized spacial score (nSPS) is 12.4. The fraction of sp³-hybridized carbons (Fsp3) is 0.273. The number of aromatic carboxylic acids is 1. The lowest BCUT2D eigenvalue weighted by Crippen LogP contribution is -2.08. The van der Waals surface area contributed by atoms with Crippen molar-refractivity contribution in [1.82, 2.24) is 4.37 Å². The number of carboxylic acid groups (broad SMARTS) is 1. The molecular weight excluding hydrogens is 240 g/mol. The standard InChI is InChI=1S/C11H12N2O3S/c1-6(8-4-3-5-16-8)12-10-9(11(14)15)7(2)13-17-10/h3-6,12H,1-2H3,(H,14,15). The van der Waals surface area contributed by atoms with Crippen LogP contribution in [0.4, 0.5) is 5.00 Å². The Hall–Kier alpha value is -1.82. The van der Waals surface area contributed by atoms with Crippen LogP contribution in [0.5, 0.6) is 0 Å². The van der Waals surface area contributed by atoms with Crippen LogP contribution in [0, 0.1) is 6.92 Å². The molecule has 17 heavy (non-hydrogen) atoms. The van der Waals surface area contributed by atoms with Crippen molar-refractivity contribution in [1.29, 1.82) is 0 Å². The summed E-state index contributed by atoms with van der Waals surface area (Å²) >= 11 is 1.15. The van der Waals surface area contributed by atoms with E-state index >= 15 is 0 Å². The minimum absolute atomic E-state index is 0.0945. The van der Waals surface area contributed by atoms with Crippen LogP contribution >= 0.6 is 11.5 Å². The third-order valence-electron chi connectivity index (χ3n) is 2.39. The number of hydrogen-bond acceptors (Lipinski definition) is 5. The molecular formula is C11H12N2O3S. The van der Waals surface area contributed by atoms with Crippen LogP contribution in [0.2, 0.25) is 0 Å². The van der Waals surface area contributed by atoms with Gasteiger partial charge in [0.05, 0.1) is 18.0 Å². The Labute approximate surface area is 102 Å². The second-order valence-corrected chi connectivity index (χ2v) is 4.43. The molecule has 2 heterocycles. The van der Waals surface area contributed by atoms with Crippen LogP contribution in [0.25, 0.3) is 0 Å². The second kappa shape index (κ2) is 4.58. The summed E-state index contributed by atoms with van der Waals surface area (Å²) in [6.07, 6.45) is 1.59. The molecule has 0 spiro atoms. The van der Waals surface area contributed by atoms with Crippen molar-refractivity contribution in [3.8, 4) is 0 Å². The van der Waals surface area contributed by atoms with Gasteiger partial charge in [-0.3, -0.25) is 0 Å². The van der Waals surface area contributed by atoms with Gasteiger partial charge in [-0.15, -0.1) is 0 Å². The van der Waals surface area contributed by atoms with Gasteiger partial charge in [0.25, 0.3) is 0 Å². The van der Waals surface area contributed by atoms with E-state index in [1.165, 1.54) is 0 Å². The maximum absolute atomic E-state index is 11.1. The largest absolute Gasteiger partial charge is 0.478 e. The maximum Gasteiger partial charge on any atom is 0.340 e. The first kappa shape index (κ1) is 11.7. The van der Waals surface area contributed by atoms with Crippen molar-refractivity contribution in [3.63, 3.8) is 0 Å². The van der Waals surface area contributed by atoms with E-state index in [-0.39, 0.29) is 11.6 Å². The molecule has 5 nitrogen and oxygen atoms in total. The number of rotatable bonds is 4. The average molecular weight is 252 g/mol. The number of aryl methyl sites for hydroxylation is 1. The molecule has 0 saturated heterocycles. The molecule has 0 aromatic carbocycles. The Morgan fingerprint density at radius 2 is 2.41 bits per heavy atom. The highest BCUT2D eigenvalue weighted by Gasteiger charge is 2.19. The molecule has 0 aliphatic carbocycles. The van der Waals surface area contributed by atoms with Gasteiger partial charge < -0.3 is 14.8 Å². The molecule has 0 aliphatic heterocycles. The van der Waals surface area contributed by atoms with Gasteiger partial charge in [-0.1, -0.05) is 0 Å². The van der Waals surface area contributed by atoms with Gasteiger partial charge >= 0.3 is 5.97 Å². The summed E-state index contributed by atoms with van der Waals surface area (Å²) in [7, 11) is 0. The van der Waals surface area contributed by atoms with Crippen molar-refractivity contribution in [2.75, 3.05) is 5.32 Å². The van der Waals surface area contributed by atoms with Gasteiger partial charge in [0, 0.05) is 0 Å². The smallest absolute Gasteiger partial charge is 0.340 e. The van der Waals surface area contributed by atoms with E-state index in [1.807, 2.05) is 13.0 Å². The number of carbonyl (C=O) groups is 1. The number of furan rings is 1. The number of anilines is 1. The van der Waals surface area contributed by atoms with E-state index in [2.05, 4.69) is 9.69 Å². The van der Waals surface area contributed by atoms with E-state index in [9.17, 15) is 4.79 Å². The Balaban J connectivity index is 2.22. The van der Waals surface area contributed by atoms with E-state index < -0.39 is 5.97 Å². The van der Waals surface area contributed by atoms with Crippen LogP contribution in [-0.2, 0) is 0 Å². The molecule has 0 fully saturated rings. The van der Waals surface area contributed by atoms with Crippen LogP contribution in [-0.4, -0.2) is 15.4 Å². The lowest BCUT2D eigenvalue weighted by atomic mass is 10.2. The molecule has 1 unspecified atom stereocenters. The number of nitrogens with one attached hydrogen (secondary N) is 1. The van der Waals surface area contributed by atoms with Crippen LogP contribution < -0.4 is 5.32 Å². The monoisotopic (exact) mass is 252 g/mol. The predicted octanol–water partition coefficient (Wildman–Crippen LogP) is 2.92. The number of carboxylic acids is 1. The maximum atomic E-state index is 11.1. The highest BCUT2D eigenvalue weighted by Crippen LogP contribution is 2.28. The second-order valence-electron chi connectivity index (χ2n) is 3.66. The van der Waals surface area contributed by atoms with Crippen molar-refractivity contribution in [3.05, 3.63) is 35.4 Å². The van der Waals surface area contributed by atoms with Gasteiger partial charge in [0.2, 0.25) is 0 Å². The lowest BCUT2D eigenvalue weighted by molar-refractivity contribution is 0.0697. The number of nitrogens with zero attached hydrogens (tertiary/aromatic N) is 1. The van der Waals surface area contributed by atoms with Gasteiger partial charge in [-0.05, 0) is 37.5 Å². The summed E-state index contributed by atoms with van der Waals surface area (Å²) in [6.45, 7) is 3.59.